The van der Waals surface area contributed by atoms with E-state index in [-0.39, 0.29) is 28.7 Å². The summed E-state index contributed by atoms with van der Waals surface area (Å²) in [6.07, 6.45) is 12.1. The number of esters is 2. The van der Waals surface area contributed by atoms with Crippen LogP contribution in [0.2, 0.25) is 0 Å². The predicted molar refractivity (Wildman–Crippen MR) is 214 cm³/mol. The molecule has 0 heterocycles. The molecule has 7 rings (SSSR count). The molecule has 0 spiro atoms. The van der Waals surface area contributed by atoms with Crippen LogP contribution in [-0.2, 0) is 14.3 Å². The molecule has 0 amide bonds. The van der Waals surface area contributed by atoms with Crippen LogP contribution in [-0.4, -0.2) is 27.8 Å². The summed E-state index contributed by atoms with van der Waals surface area (Å²) in [5.41, 5.74) is 0.311. The first-order valence-electron chi connectivity index (χ1n) is 20.5. The molecule has 0 aliphatic heterocycles. The number of rotatable bonds is 9. The number of aromatic hydroxyl groups is 2. The van der Waals surface area contributed by atoms with E-state index < -0.39 is 5.41 Å². The zero-order valence-electron chi connectivity index (χ0n) is 33.9. The van der Waals surface area contributed by atoms with Gasteiger partial charge in [-0.2, -0.15) is 0 Å². The van der Waals surface area contributed by atoms with Crippen molar-refractivity contribution in [1.82, 2.24) is 0 Å². The van der Waals surface area contributed by atoms with Crippen LogP contribution in [0.1, 0.15) is 138 Å². The van der Waals surface area contributed by atoms with Gasteiger partial charge in [0.2, 0.25) is 0 Å². The molecule has 4 aliphatic rings. The van der Waals surface area contributed by atoms with Gasteiger partial charge >= 0.3 is 11.9 Å². The van der Waals surface area contributed by atoms with Crippen molar-refractivity contribution in [3.63, 3.8) is 0 Å². The quantitative estimate of drug-likeness (QED) is 0.168. The molecule has 3 aromatic carbocycles. The van der Waals surface area contributed by atoms with Crippen LogP contribution in [0.15, 0.2) is 60.7 Å². The van der Waals surface area contributed by atoms with Crippen LogP contribution in [0, 0.1) is 46.3 Å². The Labute approximate surface area is 319 Å². The van der Waals surface area contributed by atoms with E-state index in [0.29, 0.717) is 35.1 Å². The zero-order chi connectivity index (χ0) is 38.7. The van der Waals surface area contributed by atoms with E-state index in [0.717, 1.165) is 60.7 Å². The fourth-order valence-electron chi connectivity index (χ4n) is 9.65. The summed E-state index contributed by atoms with van der Waals surface area (Å²) in [7, 11) is 0. The maximum Gasteiger partial charge on any atom is 0.316 e. The monoisotopic (exact) mass is 726 g/mol. The van der Waals surface area contributed by atoms with E-state index in [4.69, 9.17) is 14.6 Å². The number of benzene rings is 3. The Bertz CT molecular complexity index is 1710. The van der Waals surface area contributed by atoms with Gasteiger partial charge < -0.3 is 19.7 Å². The predicted octanol–water partition coefficient (Wildman–Crippen LogP) is 12.0. The van der Waals surface area contributed by atoms with Gasteiger partial charge in [0.1, 0.15) is 22.8 Å². The highest BCUT2D eigenvalue weighted by atomic mass is 16.6. The summed E-state index contributed by atoms with van der Waals surface area (Å²) in [5.74, 6) is 6.71. The average molecular weight is 727 g/mol. The van der Waals surface area contributed by atoms with Gasteiger partial charge in [0.25, 0.3) is 0 Å². The highest BCUT2D eigenvalue weighted by Gasteiger charge is 2.64. The third-order valence-electron chi connectivity index (χ3n) is 14.0. The second kappa shape index (κ2) is 16.4. The minimum absolute atomic E-state index is 0.0460. The second-order valence-corrected chi connectivity index (χ2v) is 17.9. The van der Waals surface area contributed by atoms with Crippen molar-refractivity contribution >= 4 is 22.7 Å². The van der Waals surface area contributed by atoms with Crippen LogP contribution in [0.25, 0.3) is 10.8 Å². The third kappa shape index (κ3) is 8.57. The van der Waals surface area contributed by atoms with Crippen LogP contribution in [0.4, 0.5) is 0 Å². The number of carbonyl (C=O) groups is 2. The lowest BCUT2D eigenvalue weighted by molar-refractivity contribution is -0.183. The lowest BCUT2D eigenvalue weighted by atomic mass is 9.61. The summed E-state index contributed by atoms with van der Waals surface area (Å²) in [6, 6.07) is 17.9. The molecule has 0 saturated heterocycles. The van der Waals surface area contributed by atoms with Gasteiger partial charge in [-0.25, -0.2) is 0 Å². The van der Waals surface area contributed by atoms with Crippen molar-refractivity contribution in [2.45, 2.75) is 138 Å². The molecule has 4 bridgehead atoms. The molecular formula is C47H66O6. The van der Waals surface area contributed by atoms with E-state index in [9.17, 15) is 14.7 Å². The number of phenols is 2. The number of fused-ring (bicyclic) bond motifs is 9. The van der Waals surface area contributed by atoms with Crippen LogP contribution in [0.3, 0.4) is 0 Å². The molecule has 4 fully saturated rings. The number of ether oxygens (including phenoxy) is 2. The van der Waals surface area contributed by atoms with Gasteiger partial charge in [-0.1, -0.05) is 77.4 Å². The topological polar surface area (TPSA) is 93.1 Å². The fourth-order valence-corrected chi connectivity index (χ4v) is 9.65. The first-order valence-corrected chi connectivity index (χ1v) is 20.5. The van der Waals surface area contributed by atoms with Crippen molar-refractivity contribution in [3.05, 3.63) is 66.2 Å². The second-order valence-electron chi connectivity index (χ2n) is 17.9. The SMILES string of the molecule is CCC(C)(C)C(=O)OC1(CC)CC2CC1C1CC3CCC(C3)C21.CCC(C)(C)C(=O)Oc1cccc2c(O)cccc12.CCC(C)c1ccc(O)cc1. The standard InChI is InChI=1S/C21H34O2.C16H18O3.C10H14O/c1-5-20(3,4)19(22)23-21(6-2)12-15-11-17(21)16-10-13-7-8-14(9-13)18(15)16;1-4-16(2,3)15(18)19-14-10-6-7-11-12(14)8-5-9-13(11)17;1-3-8(2)9-4-6-10(11)7-5-9/h13-18H,5-12H2,1-4H3;5-10,17H,4H2,1-3H3;4-8,11H,3H2,1-2H3. The minimum atomic E-state index is -0.515. The first-order chi connectivity index (χ1) is 25.1. The fraction of sp³-hybridized carbons (Fsp3) is 0.617. The Kier molecular flexibility index (Phi) is 12.6. The van der Waals surface area contributed by atoms with Gasteiger partial charge in [0.05, 0.1) is 10.8 Å². The highest BCUT2D eigenvalue weighted by molar-refractivity contribution is 5.94. The summed E-state index contributed by atoms with van der Waals surface area (Å²) >= 11 is 0. The Hall–Kier alpha value is -3.54. The molecule has 6 nitrogen and oxygen atoms in total. The molecule has 0 aromatic heterocycles. The van der Waals surface area contributed by atoms with Crippen molar-refractivity contribution in [3.8, 4) is 17.2 Å². The number of carbonyl (C=O) groups excluding carboxylic acids is 2. The maximum absolute atomic E-state index is 12.8. The van der Waals surface area contributed by atoms with E-state index in [1.807, 2.05) is 52.8 Å². The Morgan fingerprint density at radius 1 is 0.792 bits per heavy atom. The third-order valence-corrected chi connectivity index (χ3v) is 14.0. The molecule has 4 aliphatic carbocycles. The Morgan fingerprint density at radius 3 is 2.08 bits per heavy atom. The van der Waals surface area contributed by atoms with Crippen LogP contribution >= 0.6 is 0 Å². The summed E-state index contributed by atoms with van der Waals surface area (Å²) in [4.78, 5) is 24.9. The van der Waals surface area contributed by atoms with Gasteiger partial charge in [0.15, 0.2) is 0 Å². The number of hydrogen-bond donors (Lipinski definition) is 2. The molecule has 53 heavy (non-hydrogen) atoms. The van der Waals surface area contributed by atoms with Gasteiger partial charge in [-0.15, -0.1) is 0 Å². The minimum Gasteiger partial charge on any atom is -0.508 e. The molecule has 8 unspecified atom stereocenters. The lowest BCUT2D eigenvalue weighted by Gasteiger charge is -2.48. The van der Waals surface area contributed by atoms with Crippen molar-refractivity contribution in [2.75, 3.05) is 0 Å². The van der Waals surface area contributed by atoms with Gasteiger partial charge in [-0.05, 0) is 151 Å². The van der Waals surface area contributed by atoms with Crippen LogP contribution < -0.4 is 4.74 Å². The largest absolute Gasteiger partial charge is 0.508 e. The summed E-state index contributed by atoms with van der Waals surface area (Å²) in [5, 5.41) is 20.2. The maximum atomic E-state index is 12.8. The number of phenolic OH excluding ortho intramolecular Hbond substituents is 2. The van der Waals surface area contributed by atoms with Gasteiger partial charge in [0, 0.05) is 16.7 Å². The Morgan fingerprint density at radius 2 is 1.43 bits per heavy atom. The molecule has 290 valence electrons. The van der Waals surface area contributed by atoms with E-state index in [2.05, 4.69) is 27.7 Å². The van der Waals surface area contributed by atoms with E-state index in [1.54, 1.807) is 42.5 Å². The molecule has 6 heteroatoms. The van der Waals surface area contributed by atoms with Crippen molar-refractivity contribution in [1.29, 1.82) is 0 Å². The average Bonchev–Trinajstić information content (AvgIpc) is 3.84. The summed E-state index contributed by atoms with van der Waals surface area (Å²) < 4.78 is 11.8. The van der Waals surface area contributed by atoms with Gasteiger partial charge in [-0.3, -0.25) is 9.59 Å². The molecule has 3 aromatic rings. The first kappa shape index (κ1) is 40.6. The molecule has 4 saturated carbocycles. The van der Waals surface area contributed by atoms with E-state index in [1.165, 1.54) is 37.7 Å². The molecule has 0 radical (unpaired) electrons. The highest BCUT2D eigenvalue weighted by Crippen LogP contribution is 2.67. The van der Waals surface area contributed by atoms with E-state index >= 15 is 0 Å². The smallest absolute Gasteiger partial charge is 0.316 e. The number of hydrogen-bond acceptors (Lipinski definition) is 6. The normalized spacial score (nSPS) is 27.5. The molecule has 2 N–H and O–H groups in total. The summed E-state index contributed by atoms with van der Waals surface area (Å²) in [6.45, 7) is 18.4. The lowest BCUT2D eigenvalue weighted by Crippen LogP contribution is -2.49. The Balaban J connectivity index is 0.000000163. The van der Waals surface area contributed by atoms with Crippen molar-refractivity contribution in [2.24, 2.45) is 46.3 Å². The molecule has 8 atom stereocenters. The zero-order valence-corrected chi connectivity index (χ0v) is 33.9. The van der Waals surface area contributed by atoms with Crippen molar-refractivity contribution < 1.29 is 29.3 Å². The van der Waals surface area contributed by atoms with Crippen LogP contribution in [0.5, 0.6) is 17.2 Å². The molecular weight excluding hydrogens is 661 g/mol.